The molecule has 1 unspecified atom stereocenters. The smallest absolute Gasteiger partial charge is 0.210 e. The van der Waals surface area contributed by atoms with Crippen LogP contribution in [0.15, 0.2) is 23.1 Å². The first kappa shape index (κ1) is 15.3. The van der Waals surface area contributed by atoms with Crippen LogP contribution in [0.5, 0.6) is 0 Å². The molecule has 0 radical (unpaired) electrons. The summed E-state index contributed by atoms with van der Waals surface area (Å²) in [4.78, 5) is 0.0693. The molecule has 98 valence electrons. The fourth-order valence-electron chi connectivity index (χ4n) is 1.15. The van der Waals surface area contributed by atoms with Gasteiger partial charge in [-0.1, -0.05) is 18.5 Å². The number of hydrogen-bond donors (Lipinski definition) is 1. The fraction of sp³-hybridized carbons (Fsp3) is 0.364. The molecule has 0 amide bonds. The van der Waals surface area contributed by atoms with E-state index in [1.165, 1.54) is 18.2 Å². The average Bonchev–Trinajstić information content (AvgIpc) is 2.35. The highest BCUT2D eigenvalue weighted by Gasteiger charge is 2.16. The maximum absolute atomic E-state index is 11.9. The quantitative estimate of drug-likeness (QED) is 0.905. The first-order valence-electron chi connectivity index (χ1n) is 5.13. The van der Waals surface area contributed by atoms with E-state index in [0.29, 0.717) is 6.54 Å². The van der Waals surface area contributed by atoms with Gasteiger partial charge in [0.25, 0.3) is 0 Å². The molecule has 18 heavy (non-hydrogen) atoms. The Balaban J connectivity index is 2.93. The summed E-state index contributed by atoms with van der Waals surface area (Å²) in [5, 5.41) is 9.04. The summed E-state index contributed by atoms with van der Waals surface area (Å²) in [5.74, 6) is 0. The van der Waals surface area contributed by atoms with Gasteiger partial charge in [0.05, 0.1) is 15.5 Å². The van der Waals surface area contributed by atoms with Crippen molar-refractivity contribution in [2.24, 2.45) is 0 Å². The van der Waals surface area contributed by atoms with Gasteiger partial charge in [-0.3, -0.25) is 0 Å². The van der Waals surface area contributed by atoms with Crippen LogP contribution in [0.3, 0.4) is 0 Å². The van der Waals surface area contributed by atoms with Crippen LogP contribution in [-0.4, -0.2) is 26.5 Å². The number of sulfonamides is 1. The molecule has 0 saturated heterocycles. The van der Waals surface area contributed by atoms with Gasteiger partial charge in [0.15, 0.2) is 0 Å². The molecule has 0 fully saturated rings. The molecular formula is C11H13ClN2O2S2. The third-order valence-electron chi connectivity index (χ3n) is 2.33. The number of halogens is 1. The summed E-state index contributed by atoms with van der Waals surface area (Å²) in [6.45, 7) is 2.28. The molecule has 0 spiro atoms. The van der Waals surface area contributed by atoms with Crippen LogP contribution in [0.4, 0.5) is 0 Å². The maximum atomic E-state index is 11.9. The van der Waals surface area contributed by atoms with Crippen molar-refractivity contribution in [3.8, 4) is 6.07 Å². The summed E-state index contributed by atoms with van der Waals surface area (Å²) < 4.78 is 26.4. The van der Waals surface area contributed by atoms with Gasteiger partial charge >= 0.3 is 0 Å². The molecule has 4 nitrogen and oxygen atoms in total. The van der Waals surface area contributed by atoms with Crippen molar-refractivity contribution >= 4 is 33.4 Å². The average molecular weight is 305 g/mol. The Hall–Kier alpha value is -0.740. The zero-order valence-electron chi connectivity index (χ0n) is 9.97. The van der Waals surface area contributed by atoms with E-state index in [1.807, 2.05) is 19.2 Å². The van der Waals surface area contributed by atoms with E-state index in [-0.39, 0.29) is 20.7 Å². The monoisotopic (exact) mass is 304 g/mol. The zero-order valence-corrected chi connectivity index (χ0v) is 12.4. The van der Waals surface area contributed by atoms with Crippen LogP contribution in [-0.2, 0) is 10.0 Å². The molecule has 0 bridgehead atoms. The normalized spacial score (nSPS) is 13.0. The van der Waals surface area contributed by atoms with Crippen molar-refractivity contribution in [3.63, 3.8) is 0 Å². The van der Waals surface area contributed by atoms with Gasteiger partial charge in [0.2, 0.25) is 10.0 Å². The van der Waals surface area contributed by atoms with E-state index in [2.05, 4.69) is 4.72 Å². The standard InChI is InChI=1S/C11H13ClN2O2S2/c1-8(17-2)7-14-18(15,16)10-4-3-9(6-13)11(12)5-10/h3-5,8,14H,7H2,1-2H3. The van der Waals surface area contributed by atoms with Crippen molar-refractivity contribution < 1.29 is 8.42 Å². The number of hydrogen-bond acceptors (Lipinski definition) is 4. The lowest BCUT2D eigenvalue weighted by Crippen LogP contribution is -2.29. The van der Waals surface area contributed by atoms with Gasteiger partial charge in [-0.25, -0.2) is 13.1 Å². The van der Waals surface area contributed by atoms with Crippen molar-refractivity contribution in [2.75, 3.05) is 12.8 Å². The molecule has 1 N–H and O–H groups in total. The van der Waals surface area contributed by atoms with Gasteiger partial charge < -0.3 is 0 Å². The zero-order chi connectivity index (χ0) is 13.8. The minimum atomic E-state index is -3.57. The first-order chi connectivity index (χ1) is 8.40. The molecule has 1 aromatic rings. The molecule has 0 saturated carbocycles. The molecular weight excluding hydrogens is 292 g/mol. The molecule has 0 aliphatic rings. The predicted octanol–water partition coefficient (Wildman–Crippen LogP) is 2.24. The van der Waals surface area contributed by atoms with Crippen molar-refractivity contribution in [1.29, 1.82) is 5.26 Å². The predicted molar refractivity (Wildman–Crippen MR) is 74.3 cm³/mol. The number of nitrogens with one attached hydrogen (secondary N) is 1. The number of nitriles is 1. The van der Waals surface area contributed by atoms with Crippen LogP contribution in [0.2, 0.25) is 5.02 Å². The van der Waals surface area contributed by atoms with E-state index in [0.717, 1.165) is 0 Å². The van der Waals surface area contributed by atoms with Gasteiger partial charge in [0.1, 0.15) is 6.07 Å². The highest BCUT2D eigenvalue weighted by Crippen LogP contribution is 2.20. The maximum Gasteiger partial charge on any atom is 0.240 e. The molecule has 1 rings (SSSR count). The SMILES string of the molecule is CSC(C)CNS(=O)(=O)c1ccc(C#N)c(Cl)c1. The number of thioether (sulfide) groups is 1. The Bertz CT molecular complexity index is 567. The Morgan fingerprint density at radius 3 is 2.72 bits per heavy atom. The summed E-state index contributed by atoms with van der Waals surface area (Å²) in [5.41, 5.74) is 0.257. The highest BCUT2D eigenvalue weighted by molar-refractivity contribution is 7.99. The fourth-order valence-corrected chi connectivity index (χ4v) is 2.95. The van der Waals surface area contributed by atoms with E-state index >= 15 is 0 Å². The Labute approximate surface area is 116 Å². The molecule has 1 aromatic carbocycles. The van der Waals surface area contributed by atoms with Crippen molar-refractivity contribution in [3.05, 3.63) is 28.8 Å². The van der Waals surface area contributed by atoms with E-state index in [9.17, 15) is 8.42 Å². The largest absolute Gasteiger partial charge is 0.240 e. The third kappa shape index (κ3) is 3.89. The van der Waals surface area contributed by atoms with Crippen LogP contribution in [0.25, 0.3) is 0 Å². The van der Waals surface area contributed by atoms with Crippen LogP contribution in [0.1, 0.15) is 12.5 Å². The summed E-state index contributed by atoms with van der Waals surface area (Å²) in [6.07, 6.45) is 1.91. The minimum Gasteiger partial charge on any atom is -0.210 e. The molecule has 1 atom stereocenters. The molecule has 0 heterocycles. The molecule has 0 aliphatic heterocycles. The minimum absolute atomic E-state index is 0.0693. The Kier molecular flexibility index (Phi) is 5.47. The lowest BCUT2D eigenvalue weighted by atomic mass is 10.2. The van der Waals surface area contributed by atoms with Crippen LogP contribution < -0.4 is 4.72 Å². The number of benzene rings is 1. The van der Waals surface area contributed by atoms with E-state index in [4.69, 9.17) is 16.9 Å². The van der Waals surface area contributed by atoms with Gasteiger partial charge in [0, 0.05) is 11.8 Å². The van der Waals surface area contributed by atoms with Gasteiger partial charge in [-0.2, -0.15) is 17.0 Å². The summed E-state index contributed by atoms with van der Waals surface area (Å²) >= 11 is 7.38. The Morgan fingerprint density at radius 1 is 1.56 bits per heavy atom. The second-order valence-corrected chi connectivity index (χ2v) is 7.10. The van der Waals surface area contributed by atoms with Crippen LogP contribution in [0, 0.1) is 11.3 Å². The highest BCUT2D eigenvalue weighted by atomic mass is 35.5. The second kappa shape index (κ2) is 6.43. The number of rotatable bonds is 5. The van der Waals surface area contributed by atoms with Crippen molar-refractivity contribution in [1.82, 2.24) is 4.72 Å². The Morgan fingerprint density at radius 2 is 2.22 bits per heavy atom. The lowest BCUT2D eigenvalue weighted by molar-refractivity contribution is 0.581. The van der Waals surface area contributed by atoms with Crippen molar-refractivity contribution in [2.45, 2.75) is 17.1 Å². The molecule has 7 heteroatoms. The van der Waals surface area contributed by atoms with Gasteiger partial charge in [-0.15, -0.1) is 0 Å². The van der Waals surface area contributed by atoms with E-state index in [1.54, 1.807) is 11.8 Å². The summed E-state index contributed by atoms with van der Waals surface area (Å²) in [7, 11) is -3.57. The topological polar surface area (TPSA) is 70.0 Å². The lowest BCUT2D eigenvalue weighted by Gasteiger charge is -2.11. The van der Waals surface area contributed by atoms with Crippen LogP contribution >= 0.6 is 23.4 Å². The third-order valence-corrected chi connectivity index (χ3v) is 5.04. The molecule has 0 aromatic heterocycles. The summed E-state index contributed by atoms with van der Waals surface area (Å²) in [6, 6.07) is 5.94. The molecule has 0 aliphatic carbocycles. The van der Waals surface area contributed by atoms with Gasteiger partial charge in [-0.05, 0) is 24.5 Å². The van der Waals surface area contributed by atoms with E-state index < -0.39 is 10.0 Å². The second-order valence-electron chi connectivity index (χ2n) is 3.65. The first-order valence-corrected chi connectivity index (χ1v) is 8.27. The number of nitrogens with zero attached hydrogens (tertiary/aromatic N) is 1.